The zero-order valence-corrected chi connectivity index (χ0v) is 11.7. The van der Waals surface area contributed by atoms with Crippen molar-refractivity contribution in [2.24, 2.45) is 0 Å². The van der Waals surface area contributed by atoms with Gasteiger partial charge in [0.05, 0.1) is 16.3 Å². The van der Waals surface area contributed by atoms with Crippen molar-refractivity contribution in [2.45, 2.75) is 6.61 Å². The van der Waals surface area contributed by atoms with E-state index in [0.717, 1.165) is 0 Å². The zero-order valence-electron chi connectivity index (χ0n) is 10.2. The number of rotatable bonds is 3. The van der Waals surface area contributed by atoms with Crippen LogP contribution < -0.4 is 5.73 Å². The minimum absolute atomic E-state index is 0.0545. The fraction of sp³-hybridized carbons (Fsp3) is 0.0714. The largest absolute Gasteiger partial charge is 0.457 e. The van der Waals surface area contributed by atoms with Crippen molar-refractivity contribution in [3.63, 3.8) is 0 Å². The average molecular weight is 314 g/mol. The summed E-state index contributed by atoms with van der Waals surface area (Å²) in [6.07, 6.45) is 0. The summed E-state index contributed by atoms with van der Waals surface area (Å²) in [5, 5.41) is 0.428. The van der Waals surface area contributed by atoms with Crippen LogP contribution in [-0.4, -0.2) is 5.97 Å². The lowest BCUT2D eigenvalue weighted by Crippen LogP contribution is -2.09. The Labute approximate surface area is 125 Å². The third kappa shape index (κ3) is 3.21. The normalized spacial score (nSPS) is 10.3. The van der Waals surface area contributed by atoms with Crippen LogP contribution in [0.15, 0.2) is 36.4 Å². The quantitative estimate of drug-likeness (QED) is 0.686. The molecule has 0 saturated heterocycles. The zero-order chi connectivity index (χ0) is 14.7. The molecule has 6 heteroatoms. The van der Waals surface area contributed by atoms with Crippen LogP contribution in [0.5, 0.6) is 0 Å². The van der Waals surface area contributed by atoms with Gasteiger partial charge < -0.3 is 10.5 Å². The van der Waals surface area contributed by atoms with Crippen LogP contribution in [0.2, 0.25) is 10.0 Å². The van der Waals surface area contributed by atoms with Crippen molar-refractivity contribution in [3.05, 3.63) is 63.4 Å². The molecule has 20 heavy (non-hydrogen) atoms. The smallest absolute Gasteiger partial charge is 0.340 e. The molecule has 2 N–H and O–H groups in total. The van der Waals surface area contributed by atoms with E-state index in [1.807, 2.05) is 0 Å². The number of carbonyl (C=O) groups excluding carboxylic acids is 1. The van der Waals surface area contributed by atoms with Gasteiger partial charge in [-0.15, -0.1) is 0 Å². The van der Waals surface area contributed by atoms with Gasteiger partial charge in [0.15, 0.2) is 0 Å². The van der Waals surface area contributed by atoms with Gasteiger partial charge >= 0.3 is 5.97 Å². The summed E-state index contributed by atoms with van der Waals surface area (Å²) in [6, 6.07) is 8.79. The molecule has 2 rings (SSSR count). The van der Waals surface area contributed by atoms with Crippen LogP contribution in [0.4, 0.5) is 10.1 Å². The molecular formula is C14H10Cl2FNO2. The van der Waals surface area contributed by atoms with Crippen LogP contribution in [0.3, 0.4) is 0 Å². The summed E-state index contributed by atoms with van der Waals surface area (Å²) in [6.45, 7) is -0.199. The van der Waals surface area contributed by atoms with E-state index in [9.17, 15) is 9.18 Å². The number of ether oxygens (including phenoxy) is 1. The number of anilines is 1. The molecule has 0 saturated carbocycles. The molecular weight excluding hydrogens is 304 g/mol. The monoisotopic (exact) mass is 313 g/mol. The summed E-state index contributed by atoms with van der Waals surface area (Å²) < 4.78 is 18.4. The van der Waals surface area contributed by atoms with Crippen LogP contribution in [-0.2, 0) is 11.3 Å². The van der Waals surface area contributed by atoms with Crippen molar-refractivity contribution in [1.29, 1.82) is 0 Å². The SMILES string of the molecule is Nc1c(Cl)cc(Cl)cc1C(=O)OCc1ccccc1F. The van der Waals surface area contributed by atoms with Gasteiger partial charge in [0, 0.05) is 10.6 Å². The number of benzene rings is 2. The molecule has 0 spiro atoms. The number of halogens is 3. The molecule has 0 aromatic heterocycles. The maximum atomic E-state index is 13.4. The average Bonchev–Trinajstić information content (AvgIpc) is 2.41. The molecule has 0 fully saturated rings. The van der Waals surface area contributed by atoms with E-state index in [1.54, 1.807) is 12.1 Å². The van der Waals surface area contributed by atoms with Crippen LogP contribution in [0.1, 0.15) is 15.9 Å². The standard InChI is InChI=1S/C14H10Cl2FNO2/c15-9-5-10(13(18)11(16)6-9)14(19)20-7-8-3-1-2-4-12(8)17/h1-6H,7,18H2. The van der Waals surface area contributed by atoms with Crippen molar-refractivity contribution in [2.75, 3.05) is 5.73 Å². The van der Waals surface area contributed by atoms with E-state index in [0.29, 0.717) is 0 Å². The number of nitrogens with two attached hydrogens (primary N) is 1. The van der Waals surface area contributed by atoms with E-state index in [2.05, 4.69) is 0 Å². The molecule has 0 atom stereocenters. The summed E-state index contributed by atoms with van der Waals surface area (Å²) in [7, 11) is 0. The van der Waals surface area contributed by atoms with Crippen LogP contribution >= 0.6 is 23.2 Å². The van der Waals surface area contributed by atoms with Gasteiger partial charge in [-0.3, -0.25) is 0 Å². The van der Waals surface area contributed by atoms with Gasteiger partial charge in [-0.1, -0.05) is 41.4 Å². The Kier molecular flexibility index (Phi) is 4.47. The highest BCUT2D eigenvalue weighted by atomic mass is 35.5. The predicted octanol–water partition coefficient (Wildman–Crippen LogP) is 4.07. The second-order valence-electron chi connectivity index (χ2n) is 4.02. The molecule has 0 aliphatic rings. The number of esters is 1. The fourth-order valence-corrected chi connectivity index (χ4v) is 2.08. The molecule has 0 bridgehead atoms. The van der Waals surface area contributed by atoms with E-state index < -0.39 is 11.8 Å². The Balaban J connectivity index is 2.15. The van der Waals surface area contributed by atoms with Gasteiger partial charge in [0.1, 0.15) is 12.4 Å². The topological polar surface area (TPSA) is 52.3 Å². The van der Waals surface area contributed by atoms with Crippen LogP contribution in [0.25, 0.3) is 0 Å². The highest BCUT2D eigenvalue weighted by Gasteiger charge is 2.15. The Morgan fingerprint density at radius 1 is 1.25 bits per heavy atom. The Hall–Kier alpha value is -1.78. The first-order valence-electron chi connectivity index (χ1n) is 5.64. The number of nitrogen functional groups attached to an aromatic ring is 1. The first kappa shape index (κ1) is 14.6. The lowest BCUT2D eigenvalue weighted by molar-refractivity contribution is 0.0470. The number of carbonyl (C=O) groups is 1. The van der Waals surface area contributed by atoms with Crippen molar-refractivity contribution in [3.8, 4) is 0 Å². The summed E-state index contributed by atoms with van der Waals surface area (Å²) in [5.41, 5.74) is 6.09. The van der Waals surface area contributed by atoms with Crippen molar-refractivity contribution in [1.82, 2.24) is 0 Å². The molecule has 0 heterocycles. The molecule has 0 radical (unpaired) electrons. The highest BCUT2D eigenvalue weighted by Crippen LogP contribution is 2.28. The molecule has 0 aliphatic heterocycles. The van der Waals surface area contributed by atoms with Gasteiger partial charge in [0.2, 0.25) is 0 Å². The van der Waals surface area contributed by atoms with E-state index in [4.69, 9.17) is 33.7 Å². The molecule has 3 nitrogen and oxygen atoms in total. The van der Waals surface area contributed by atoms with E-state index in [1.165, 1.54) is 24.3 Å². The second kappa shape index (κ2) is 6.11. The second-order valence-corrected chi connectivity index (χ2v) is 4.86. The molecule has 2 aromatic carbocycles. The summed E-state index contributed by atoms with van der Waals surface area (Å²) >= 11 is 11.6. The van der Waals surface area contributed by atoms with Crippen molar-refractivity contribution < 1.29 is 13.9 Å². The molecule has 0 aliphatic carbocycles. The molecule has 0 amide bonds. The number of hydrogen-bond donors (Lipinski definition) is 1. The van der Waals surface area contributed by atoms with E-state index >= 15 is 0 Å². The summed E-state index contributed by atoms with van der Waals surface area (Å²) in [4.78, 5) is 11.9. The maximum absolute atomic E-state index is 13.4. The van der Waals surface area contributed by atoms with Gasteiger partial charge in [0.25, 0.3) is 0 Å². The molecule has 2 aromatic rings. The Bertz CT molecular complexity index is 662. The first-order valence-corrected chi connectivity index (χ1v) is 6.39. The summed E-state index contributed by atoms with van der Waals surface area (Å²) in [5.74, 6) is -1.16. The molecule has 0 unspecified atom stereocenters. The highest BCUT2D eigenvalue weighted by molar-refractivity contribution is 6.37. The lowest BCUT2D eigenvalue weighted by atomic mass is 10.2. The van der Waals surface area contributed by atoms with Gasteiger partial charge in [-0.25, -0.2) is 9.18 Å². The van der Waals surface area contributed by atoms with E-state index in [-0.39, 0.29) is 33.5 Å². The fourth-order valence-electron chi connectivity index (χ4n) is 1.59. The minimum atomic E-state index is -0.713. The van der Waals surface area contributed by atoms with Crippen LogP contribution in [0, 0.1) is 5.82 Å². The van der Waals surface area contributed by atoms with Gasteiger partial charge in [-0.2, -0.15) is 0 Å². The number of hydrogen-bond acceptors (Lipinski definition) is 3. The maximum Gasteiger partial charge on any atom is 0.340 e. The minimum Gasteiger partial charge on any atom is -0.457 e. The van der Waals surface area contributed by atoms with Crippen molar-refractivity contribution >= 4 is 34.9 Å². The third-order valence-electron chi connectivity index (χ3n) is 2.63. The van der Waals surface area contributed by atoms with Gasteiger partial charge in [-0.05, 0) is 18.2 Å². The predicted molar refractivity (Wildman–Crippen MR) is 76.4 cm³/mol. The first-order chi connectivity index (χ1) is 9.49. The third-order valence-corrected chi connectivity index (χ3v) is 3.16. The lowest BCUT2D eigenvalue weighted by Gasteiger charge is -2.09. The Morgan fingerprint density at radius 3 is 2.65 bits per heavy atom. The molecule has 104 valence electrons. The Morgan fingerprint density at radius 2 is 1.95 bits per heavy atom.